The average Bonchev–Trinajstić information content (AvgIpc) is 3.53. The summed E-state index contributed by atoms with van der Waals surface area (Å²) < 4.78 is 28.5. The highest BCUT2D eigenvalue weighted by Gasteiger charge is 2.50. The van der Waals surface area contributed by atoms with Crippen molar-refractivity contribution in [2.75, 3.05) is 13.2 Å². The predicted molar refractivity (Wildman–Crippen MR) is 331 cm³/mol. The minimum Gasteiger partial charge on any atom is -0.479 e. The summed E-state index contributed by atoms with van der Waals surface area (Å²) in [5, 5.41) is 31.6. The van der Waals surface area contributed by atoms with E-state index in [1.165, 1.54) is 83.5 Å². The highest BCUT2D eigenvalue weighted by atomic mass is 16.7. The van der Waals surface area contributed by atoms with Crippen molar-refractivity contribution in [2.24, 2.45) is 0 Å². The van der Waals surface area contributed by atoms with Crippen molar-refractivity contribution in [1.29, 1.82) is 0 Å². The molecule has 0 spiro atoms. The summed E-state index contributed by atoms with van der Waals surface area (Å²) in [4.78, 5) is 51.3. The van der Waals surface area contributed by atoms with Crippen LogP contribution in [0.3, 0.4) is 0 Å². The lowest BCUT2D eigenvalue weighted by Gasteiger charge is -2.40. The largest absolute Gasteiger partial charge is 0.479 e. The Morgan fingerprint density at radius 2 is 0.778 bits per heavy atom. The first-order valence-electron chi connectivity index (χ1n) is 32.2. The van der Waals surface area contributed by atoms with E-state index in [0.29, 0.717) is 25.7 Å². The molecule has 1 rings (SSSR count). The SMILES string of the molecule is CC/C=C\C/C=C\C/C=C\C/C=C\CCCCC(=O)OC1C(OCC(COC(=O)CCCCCCCCCCC/C=C\CCCCCCCC)OC(=O)CCCCCCCCC/C=C\C/C=C\C/C=C\CC)OC(C(=O)O)C(O)C1O. The summed E-state index contributed by atoms with van der Waals surface area (Å²) in [5.41, 5.74) is 0. The molecule has 0 aromatic heterocycles. The fourth-order valence-corrected chi connectivity index (χ4v) is 9.25. The molecule has 0 aliphatic carbocycles. The standard InChI is InChI=1S/C69H114O12/c1-4-7-10-13-16-19-22-25-28-30-31-33-35-37-40-43-46-49-52-55-61(70)77-58-60(79-62(71)56-53-50-47-44-41-39-36-32-29-26-23-20-17-14-11-8-5-2)59-78-69-67(65(74)64(73)66(81-69)68(75)76)80-63(72)57-54-51-48-45-42-38-34-27-24-21-18-15-12-9-6-3/h8-9,11-12,17-18,20-21,25-29,34,42,45,60,64-67,69,73-74H,4-7,10,13-16,19,22-24,30-33,35-41,43-44,46-59H2,1-3H3,(H,75,76)/b11-8-,12-9-,20-17-,21-18-,28-25-,29-26-,34-27-,45-42-. The third-order valence-corrected chi connectivity index (χ3v) is 14.1. The average molecular weight is 1140 g/mol. The Morgan fingerprint density at radius 3 is 1.22 bits per heavy atom. The normalized spacial score (nSPS) is 18.4. The van der Waals surface area contributed by atoms with Gasteiger partial charge >= 0.3 is 23.9 Å². The number of carboxylic acids is 1. The molecule has 0 aromatic rings. The van der Waals surface area contributed by atoms with E-state index >= 15 is 0 Å². The van der Waals surface area contributed by atoms with Crippen LogP contribution >= 0.6 is 0 Å². The van der Waals surface area contributed by atoms with Gasteiger partial charge in [0.25, 0.3) is 0 Å². The van der Waals surface area contributed by atoms with Gasteiger partial charge in [0.2, 0.25) is 0 Å². The second-order valence-corrected chi connectivity index (χ2v) is 21.6. The number of carbonyl (C=O) groups excluding carboxylic acids is 3. The van der Waals surface area contributed by atoms with Crippen molar-refractivity contribution in [3.63, 3.8) is 0 Å². The first kappa shape index (κ1) is 74.7. The maximum absolute atomic E-state index is 13.2. The zero-order chi connectivity index (χ0) is 58.9. The quantitative estimate of drug-likeness (QED) is 0.0228. The van der Waals surface area contributed by atoms with E-state index in [1.807, 2.05) is 0 Å². The Morgan fingerprint density at radius 1 is 0.420 bits per heavy atom. The van der Waals surface area contributed by atoms with Gasteiger partial charge in [0.15, 0.2) is 24.6 Å². The highest BCUT2D eigenvalue weighted by molar-refractivity contribution is 5.74. The second-order valence-electron chi connectivity index (χ2n) is 21.6. The lowest BCUT2D eigenvalue weighted by molar-refractivity contribution is -0.301. The van der Waals surface area contributed by atoms with Crippen molar-refractivity contribution in [3.8, 4) is 0 Å². The van der Waals surface area contributed by atoms with Crippen LogP contribution in [0.1, 0.15) is 265 Å². The van der Waals surface area contributed by atoms with Crippen LogP contribution in [0.25, 0.3) is 0 Å². The highest BCUT2D eigenvalue weighted by Crippen LogP contribution is 2.26. The van der Waals surface area contributed by atoms with Crippen molar-refractivity contribution < 1.29 is 58.2 Å². The molecule has 81 heavy (non-hydrogen) atoms. The Labute approximate surface area is 492 Å². The molecular formula is C69H114O12. The minimum absolute atomic E-state index is 0.00349. The van der Waals surface area contributed by atoms with Gasteiger partial charge in [-0.1, -0.05) is 227 Å². The van der Waals surface area contributed by atoms with Crippen LogP contribution in [0, 0.1) is 0 Å². The number of unbranched alkanes of at least 4 members (excludes halogenated alkanes) is 24. The van der Waals surface area contributed by atoms with Crippen molar-refractivity contribution in [2.45, 2.75) is 302 Å². The number of hydrogen-bond acceptors (Lipinski definition) is 11. The van der Waals surface area contributed by atoms with Gasteiger partial charge in [0, 0.05) is 19.3 Å². The molecule has 6 atom stereocenters. The zero-order valence-corrected chi connectivity index (χ0v) is 51.0. The molecular weight excluding hydrogens is 1020 g/mol. The Hall–Kier alpha value is -4.36. The molecule has 1 fully saturated rings. The number of aliphatic hydroxyl groups excluding tert-OH is 2. The summed E-state index contributed by atoms with van der Waals surface area (Å²) in [6.07, 6.45) is 62.3. The lowest BCUT2D eigenvalue weighted by atomic mass is 9.98. The third-order valence-electron chi connectivity index (χ3n) is 14.1. The Bertz CT molecular complexity index is 1780. The van der Waals surface area contributed by atoms with Crippen molar-refractivity contribution in [3.05, 3.63) is 97.2 Å². The summed E-state index contributed by atoms with van der Waals surface area (Å²) >= 11 is 0. The summed E-state index contributed by atoms with van der Waals surface area (Å²) in [6, 6.07) is 0. The first-order valence-corrected chi connectivity index (χ1v) is 32.2. The van der Waals surface area contributed by atoms with Crippen molar-refractivity contribution >= 4 is 23.9 Å². The number of aliphatic carboxylic acids is 1. The van der Waals surface area contributed by atoms with Gasteiger partial charge in [-0.3, -0.25) is 14.4 Å². The molecule has 12 heteroatoms. The molecule has 1 saturated heterocycles. The Kier molecular flexibility index (Phi) is 51.7. The number of carboxylic acid groups (broad SMARTS) is 1. The number of allylic oxidation sites excluding steroid dienone is 16. The fraction of sp³-hybridized carbons (Fsp3) is 0.710. The molecule has 12 nitrogen and oxygen atoms in total. The number of aliphatic hydroxyl groups is 2. The molecule has 1 aliphatic rings. The first-order chi connectivity index (χ1) is 39.6. The van der Waals surface area contributed by atoms with Crippen molar-refractivity contribution in [1.82, 2.24) is 0 Å². The van der Waals surface area contributed by atoms with Gasteiger partial charge < -0.3 is 39.0 Å². The van der Waals surface area contributed by atoms with Crippen LogP contribution in [0.5, 0.6) is 0 Å². The molecule has 6 unspecified atom stereocenters. The van der Waals surface area contributed by atoms with E-state index in [9.17, 15) is 34.5 Å². The lowest BCUT2D eigenvalue weighted by Crippen LogP contribution is -2.61. The predicted octanol–water partition coefficient (Wildman–Crippen LogP) is 17.2. The van der Waals surface area contributed by atoms with Crippen LogP contribution in [-0.2, 0) is 42.9 Å². The van der Waals surface area contributed by atoms with Gasteiger partial charge in [-0.25, -0.2) is 4.79 Å². The number of esters is 3. The fourth-order valence-electron chi connectivity index (χ4n) is 9.25. The third kappa shape index (κ3) is 45.8. The smallest absolute Gasteiger partial charge is 0.335 e. The van der Waals surface area contributed by atoms with Crippen LogP contribution < -0.4 is 0 Å². The maximum Gasteiger partial charge on any atom is 0.335 e. The maximum atomic E-state index is 13.2. The monoisotopic (exact) mass is 1130 g/mol. The topological polar surface area (TPSA) is 175 Å². The van der Waals surface area contributed by atoms with Crippen LogP contribution in [0.4, 0.5) is 0 Å². The number of ether oxygens (including phenoxy) is 5. The van der Waals surface area contributed by atoms with E-state index in [-0.39, 0.29) is 25.9 Å². The molecule has 462 valence electrons. The molecule has 0 saturated carbocycles. The molecule has 1 aliphatic heterocycles. The van der Waals surface area contributed by atoms with E-state index < -0.39 is 67.3 Å². The molecule has 0 aromatic carbocycles. The molecule has 0 amide bonds. The zero-order valence-electron chi connectivity index (χ0n) is 51.0. The summed E-state index contributed by atoms with van der Waals surface area (Å²) in [7, 11) is 0. The van der Waals surface area contributed by atoms with Gasteiger partial charge in [0.05, 0.1) is 6.61 Å². The van der Waals surface area contributed by atoms with Crippen LogP contribution in [-0.4, -0.2) is 89.2 Å². The molecule has 1 heterocycles. The Balaban J connectivity index is 2.69. The van der Waals surface area contributed by atoms with E-state index in [0.717, 1.165) is 116 Å². The minimum atomic E-state index is -1.92. The second kappa shape index (κ2) is 56.1. The van der Waals surface area contributed by atoms with Gasteiger partial charge in [-0.2, -0.15) is 0 Å². The van der Waals surface area contributed by atoms with E-state index in [4.69, 9.17) is 23.7 Å². The number of hydrogen-bond donors (Lipinski definition) is 3. The van der Waals surface area contributed by atoms with Gasteiger partial charge in [-0.05, 0) is 116 Å². The molecule has 0 radical (unpaired) electrons. The number of rotatable bonds is 54. The number of carbonyl (C=O) groups is 4. The van der Waals surface area contributed by atoms with Gasteiger partial charge in [-0.15, -0.1) is 0 Å². The van der Waals surface area contributed by atoms with E-state index in [1.54, 1.807) is 0 Å². The van der Waals surface area contributed by atoms with Gasteiger partial charge in [0.1, 0.15) is 18.8 Å². The van der Waals surface area contributed by atoms with Crippen LogP contribution in [0.2, 0.25) is 0 Å². The molecule has 0 bridgehead atoms. The van der Waals surface area contributed by atoms with E-state index in [2.05, 4.69) is 118 Å². The molecule has 3 N–H and O–H groups in total. The van der Waals surface area contributed by atoms with Crippen LogP contribution in [0.15, 0.2) is 97.2 Å². The summed E-state index contributed by atoms with van der Waals surface area (Å²) in [6.45, 7) is 5.76. The summed E-state index contributed by atoms with van der Waals surface area (Å²) in [5.74, 6) is -3.19.